The molecule has 1 aliphatic rings. The molecule has 1 aromatic heterocycles. The summed E-state index contributed by atoms with van der Waals surface area (Å²) in [7, 11) is 1.61. The molecule has 0 unspecified atom stereocenters. The molecule has 154 valence electrons. The third-order valence-electron chi connectivity index (χ3n) is 4.98. The number of benzene rings is 1. The number of hydrogen-bond donors (Lipinski definition) is 0. The van der Waals surface area contributed by atoms with Gasteiger partial charge in [-0.05, 0) is 38.0 Å². The maximum atomic E-state index is 15.0. The molecule has 0 aliphatic carbocycles. The minimum absolute atomic E-state index is 0.353. The summed E-state index contributed by atoms with van der Waals surface area (Å²) in [5.74, 6) is 0.644. The first-order chi connectivity index (χ1) is 13.9. The Morgan fingerprint density at radius 2 is 2.07 bits per heavy atom. The van der Waals surface area contributed by atoms with Gasteiger partial charge in [-0.3, -0.25) is 4.79 Å². The van der Waals surface area contributed by atoms with Gasteiger partial charge in [-0.2, -0.15) is 0 Å². The van der Waals surface area contributed by atoms with Gasteiger partial charge in [0.05, 0.1) is 18.9 Å². The van der Waals surface area contributed by atoms with E-state index < -0.39 is 0 Å². The predicted octanol–water partition coefficient (Wildman–Crippen LogP) is 3.13. The highest BCUT2D eigenvalue weighted by Gasteiger charge is 2.21. The molecule has 29 heavy (non-hydrogen) atoms. The van der Waals surface area contributed by atoms with Gasteiger partial charge in [-0.25, -0.2) is 19.4 Å². The maximum absolute atomic E-state index is 15.0. The number of aryl methyl sites for hydroxylation is 2. The molecule has 2 aromatic rings. The number of anilines is 1. The van der Waals surface area contributed by atoms with Gasteiger partial charge in [0.15, 0.2) is 0 Å². The zero-order chi connectivity index (χ0) is 21.0. The number of amides is 1. The van der Waals surface area contributed by atoms with E-state index in [0.29, 0.717) is 67.1 Å². The van der Waals surface area contributed by atoms with Crippen molar-refractivity contribution < 1.29 is 13.9 Å². The molecule has 7 nitrogen and oxygen atoms in total. The molecule has 1 amide bonds. The fourth-order valence-electron chi connectivity index (χ4n) is 3.07. The summed E-state index contributed by atoms with van der Waals surface area (Å²) >= 11 is 0. The SMILES string of the molecule is CCc1ccc(-c2nc(N3CCOCC3)nc(C)c2N=C(C)N(C)C=O)c(F)c1. The van der Waals surface area contributed by atoms with Crippen LogP contribution in [0.3, 0.4) is 0 Å². The summed E-state index contributed by atoms with van der Waals surface area (Å²) in [4.78, 5) is 28.3. The Morgan fingerprint density at radius 1 is 1.34 bits per heavy atom. The molecule has 0 radical (unpaired) electrons. The number of ether oxygens (including phenoxy) is 1. The number of hydrogen-bond acceptors (Lipinski definition) is 6. The zero-order valence-electron chi connectivity index (χ0n) is 17.3. The number of morpholine rings is 1. The molecule has 8 heteroatoms. The molecule has 3 rings (SSSR count). The standard InChI is InChI=1S/C21H26FN5O2/c1-5-16-6-7-17(18(22)12-16)20-19(24-15(3)26(4)13-28)14(2)23-21(25-20)27-8-10-29-11-9-27/h6-7,12-13H,5,8-11H2,1-4H3. The highest BCUT2D eigenvalue weighted by atomic mass is 19.1. The Kier molecular flexibility index (Phi) is 6.53. The summed E-state index contributed by atoms with van der Waals surface area (Å²) in [5.41, 5.74) is 2.76. The summed E-state index contributed by atoms with van der Waals surface area (Å²) in [6, 6.07) is 5.15. The van der Waals surface area contributed by atoms with E-state index in [1.54, 1.807) is 20.0 Å². The van der Waals surface area contributed by atoms with Gasteiger partial charge in [0.25, 0.3) is 0 Å². The number of halogens is 1. The minimum atomic E-state index is -0.353. The third kappa shape index (κ3) is 4.59. The lowest BCUT2D eigenvalue weighted by atomic mass is 10.0. The highest BCUT2D eigenvalue weighted by Crippen LogP contribution is 2.35. The van der Waals surface area contributed by atoms with Crippen molar-refractivity contribution in [3.63, 3.8) is 0 Å². The molecule has 1 aliphatic heterocycles. The van der Waals surface area contributed by atoms with Crippen LogP contribution in [0, 0.1) is 12.7 Å². The van der Waals surface area contributed by atoms with Crippen molar-refractivity contribution in [1.29, 1.82) is 0 Å². The largest absolute Gasteiger partial charge is 0.378 e. The number of rotatable bonds is 5. The van der Waals surface area contributed by atoms with Crippen LogP contribution in [0.15, 0.2) is 23.2 Å². The van der Waals surface area contributed by atoms with Crippen molar-refractivity contribution >= 4 is 23.9 Å². The first-order valence-electron chi connectivity index (χ1n) is 9.68. The number of nitrogens with zero attached hydrogens (tertiary/aromatic N) is 5. The van der Waals surface area contributed by atoms with Crippen LogP contribution in [-0.4, -0.2) is 60.5 Å². The second-order valence-electron chi connectivity index (χ2n) is 6.95. The second kappa shape index (κ2) is 9.09. The van der Waals surface area contributed by atoms with Gasteiger partial charge in [0.1, 0.15) is 23.0 Å². The Bertz CT molecular complexity index is 926. The summed E-state index contributed by atoms with van der Waals surface area (Å²) < 4.78 is 20.4. The Morgan fingerprint density at radius 3 is 2.69 bits per heavy atom. The third-order valence-corrected chi connectivity index (χ3v) is 4.98. The monoisotopic (exact) mass is 399 g/mol. The number of aliphatic imine (C=N–C) groups is 1. The highest BCUT2D eigenvalue weighted by molar-refractivity contribution is 5.92. The van der Waals surface area contributed by atoms with E-state index >= 15 is 0 Å². The minimum Gasteiger partial charge on any atom is -0.378 e. The number of aromatic nitrogens is 2. The summed E-state index contributed by atoms with van der Waals surface area (Å²) in [6.45, 7) is 8.05. The average molecular weight is 399 g/mol. The molecule has 0 bridgehead atoms. The van der Waals surface area contributed by atoms with Gasteiger partial charge >= 0.3 is 0 Å². The van der Waals surface area contributed by atoms with Crippen molar-refractivity contribution in [3.05, 3.63) is 35.3 Å². The van der Waals surface area contributed by atoms with Gasteiger partial charge in [-0.1, -0.05) is 13.0 Å². The fraction of sp³-hybridized carbons (Fsp3) is 0.429. The molecular weight excluding hydrogens is 373 g/mol. The first kappa shape index (κ1) is 20.9. The fourth-order valence-corrected chi connectivity index (χ4v) is 3.07. The van der Waals surface area contributed by atoms with Crippen LogP contribution in [0.1, 0.15) is 25.1 Å². The van der Waals surface area contributed by atoms with Crippen molar-refractivity contribution in [3.8, 4) is 11.3 Å². The molecule has 0 spiro atoms. The average Bonchev–Trinajstić information content (AvgIpc) is 2.74. The Labute approximate surface area is 170 Å². The number of amidine groups is 1. The van der Waals surface area contributed by atoms with E-state index in [2.05, 4.69) is 15.0 Å². The normalized spacial score (nSPS) is 14.8. The first-order valence-corrected chi connectivity index (χ1v) is 9.68. The smallest absolute Gasteiger partial charge is 0.226 e. The van der Waals surface area contributed by atoms with Crippen LogP contribution < -0.4 is 4.90 Å². The molecule has 1 aromatic carbocycles. The Hall–Kier alpha value is -2.87. The molecule has 2 heterocycles. The van der Waals surface area contributed by atoms with Crippen molar-refractivity contribution in [2.45, 2.75) is 27.2 Å². The summed E-state index contributed by atoms with van der Waals surface area (Å²) in [5, 5.41) is 0. The van der Waals surface area contributed by atoms with E-state index in [-0.39, 0.29) is 5.82 Å². The Balaban J connectivity index is 2.18. The van der Waals surface area contributed by atoms with E-state index in [0.717, 1.165) is 12.0 Å². The number of carbonyl (C=O) groups excluding carboxylic acids is 1. The topological polar surface area (TPSA) is 70.9 Å². The van der Waals surface area contributed by atoms with Crippen LogP contribution in [-0.2, 0) is 16.0 Å². The lowest BCUT2D eigenvalue weighted by Crippen LogP contribution is -2.37. The van der Waals surface area contributed by atoms with E-state index in [9.17, 15) is 9.18 Å². The number of carbonyl (C=O) groups is 1. The van der Waals surface area contributed by atoms with Crippen LogP contribution in [0.4, 0.5) is 16.0 Å². The molecule has 0 N–H and O–H groups in total. The van der Waals surface area contributed by atoms with Gasteiger partial charge in [-0.15, -0.1) is 0 Å². The van der Waals surface area contributed by atoms with Crippen molar-refractivity contribution in [1.82, 2.24) is 14.9 Å². The van der Waals surface area contributed by atoms with Gasteiger partial charge in [0, 0.05) is 25.7 Å². The van der Waals surface area contributed by atoms with E-state index in [1.807, 2.05) is 24.8 Å². The molecule has 1 saturated heterocycles. The molecule has 0 atom stereocenters. The van der Waals surface area contributed by atoms with Crippen LogP contribution in [0.5, 0.6) is 0 Å². The van der Waals surface area contributed by atoms with Crippen molar-refractivity contribution in [2.24, 2.45) is 4.99 Å². The van der Waals surface area contributed by atoms with Crippen LogP contribution >= 0.6 is 0 Å². The molecular formula is C21H26FN5O2. The van der Waals surface area contributed by atoms with Crippen molar-refractivity contribution in [2.75, 3.05) is 38.3 Å². The lowest BCUT2D eigenvalue weighted by Gasteiger charge is -2.27. The second-order valence-corrected chi connectivity index (χ2v) is 6.95. The predicted molar refractivity (Wildman–Crippen MR) is 111 cm³/mol. The summed E-state index contributed by atoms with van der Waals surface area (Å²) in [6.07, 6.45) is 1.42. The molecule has 0 saturated carbocycles. The lowest BCUT2D eigenvalue weighted by molar-refractivity contribution is -0.114. The van der Waals surface area contributed by atoms with Gasteiger partial charge in [0.2, 0.25) is 12.4 Å². The maximum Gasteiger partial charge on any atom is 0.226 e. The van der Waals surface area contributed by atoms with E-state index in [1.165, 1.54) is 11.0 Å². The van der Waals surface area contributed by atoms with Crippen LogP contribution in [0.2, 0.25) is 0 Å². The van der Waals surface area contributed by atoms with E-state index in [4.69, 9.17) is 4.74 Å². The zero-order valence-corrected chi connectivity index (χ0v) is 17.3. The molecule has 1 fully saturated rings. The quantitative estimate of drug-likeness (QED) is 0.439. The van der Waals surface area contributed by atoms with Crippen LogP contribution in [0.25, 0.3) is 11.3 Å². The van der Waals surface area contributed by atoms with Gasteiger partial charge < -0.3 is 14.5 Å².